The van der Waals surface area contributed by atoms with Gasteiger partial charge in [-0.3, -0.25) is 14.5 Å². The monoisotopic (exact) mass is 627 g/mol. The van der Waals surface area contributed by atoms with Crippen molar-refractivity contribution in [2.45, 2.75) is 45.6 Å². The van der Waals surface area contributed by atoms with E-state index in [0.717, 1.165) is 48.3 Å². The average Bonchev–Trinajstić information content (AvgIpc) is 3.39. The maximum atomic E-state index is 13.6. The Labute approximate surface area is 268 Å². The Morgan fingerprint density at radius 3 is 2.57 bits per heavy atom. The highest BCUT2D eigenvalue weighted by Gasteiger charge is 2.21. The van der Waals surface area contributed by atoms with Crippen LogP contribution in [0.3, 0.4) is 0 Å². The second-order valence-electron chi connectivity index (χ2n) is 10.5. The molecule has 0 bridgehead atoms. The molecule has 12 heteroatoms. The first-order chi connectivity index (χ1) is 22.4. The van der Waals surface area contributed by atoms with Crippen molar-refractivity contribution in [3.63, 3.8) is 0 Å². The second-order valence-corrected chi connectivity index (χ2v) is 10.5. The number of nitrogens with two attached hydrogens (primary N) is 1. The fraction of sp³-hybridized carbons (Fsp3) is 0.353. The van der Waals surface area contributed by atoms with Gasteiger partial charge in [0.15, 0.2) is 0 Å². The van der Waals surface area contributed by atoms with Crippen LogP contribution in [-0.2, 0) is 27.9 Å². The van der Waals surface area contributed by atoms with Gasteiger partial charge in [-0.1, -0.05) is 31.0 Å². The first-order valence-electron chi connectivity index (χ1n) is 15.5. The number of nitrogens with zero attached hydrogens (tertiary/aromatic N) is 5. The predicted octanol–water partition coefficient (Wildman–Crippen LogP) is 5.26. The van der Waals surface area contributed by atoms with Gasteiger partial charge in [-0.2, -0.15) is 4.99 Å². The number of aliphatic imine (C=N–C) groups is 1. The molecule has 0 saturated heterocycles. The Morgan fingerprint density at radius 2 is 1.83 bits per heavy atom. The number of amides is 2. The van der Waals surface area contributed by atoms with Gasteiger partial charge < -0.3 is 25.1 Å². The van der Waals surface area contributed by atoms with Gasteiger partial charge in [0.1, 0.15) is 11.6 Å². The number of benzene rings is 2. The van der Waals surface area contributed by atoms with E-state index in [1.807, 2.05) is 41.9 Å². The number of fused-ring (bicyclic) bond motifs is 1. The van der Waals surface area contributed by atoms with Crippen LogP contribution in [0.1, 0.15) is 60.8 Å². The minimum absolute atomic E-state index is 0.0500. The molecule has 2 amide bonds. The summed E-state index contributed by atoms with van der Waals surface area (Å²) in [6.07, 6.45) is 6.32. The molecule has 4 rings (SSSR count). The fourth-order valence-electron chi connectivity index (χ4n) is 4.76. The van der Waals surface area contributed by atoms with Crippen molar-refractivity contribution in [2.24, 2.45) is 17.8 Å². The van der Waals surface area contributed by atoms with Gasteiger partial charge in [0, 0.05) is 37.3 Å². The van der Waals surface area contributed by atoms with E-state index in [9.17, 15) is 14.4 Å². The third-order valence-electron chi connectivity index (χ3n) is 7.24. The molecule has 12 nitrogen and oxygen atoms in total. The Kier molecular flexibility index (Phi) is 12.8. The molecule has 0 aliphatic rings. The van der Waals surface area contributed by atoms with E-state index in [0.29, 0.717) is 36.6 Å². The van der Waals surface area contributed by atoms with Crippen molar-refractivity contribution in [3.05, 3.63) is 83.8 Å². The van der Waals surface area contributed by atoms with Crippen LogP contribution >= 0.6 is 0 Å². The minimum atomic E-state index is -0.603. The van der Waals surface area contributed by atoms with Gasteiger partial charge in [0.05, 0.1) is 37.2 Å². The summed E-state index contributed by atoms with van der Waals surface area (Å²) in [4.78, 5) is 52.0. The molecular weight excluding hydrogens is 586 g/mol. The van der Waals surface area contributed by atoms with Crippen LogP contribution in [0, 0.1) is 0 Å². The molecule has 0 aliphatic carbocycles. The number of unbranched alkanes of at least 4 members (excludes halogenated alkanes) is 3. The van der Waals surface area contributed by atoms with Crippen LogP contribution in [-0.4, -0.2) is 65.0 Å². The molecule has 0 radical (unpaired) electrons. The lowest BCUT2D eigenvalue weighted by Gasteiger charge is -2.21. The standard InChI is InChI=1S/C34H41N7O5/c1-3-45-32(42)17-20-41(30-10-6-8-19-36-30)33(43)26-13-16-29-28(22-26)39-31(40(29)2)24-37-27-14-11-25(12-15-27)23-38-34(44)46-21-9-5-4-7-18-35/h6,8,10-16,19,22-23,37H,3-5,7,9,17-18,20-21,24,35H2,1-2H3. The summed E-state index contributed by atoms with van der Waals surface area (Å²) in [7, 11) is 1.92. The first-order valence-corrected chi connectivity index (χ1v) is 15.5. The summed E-state index contributed by atoms with van der Waals surface area (Å²) in [5, 5.41) is 3.36. The molecule has 2 heterocycles. The van der Waals surface area contributed by atoms with Gasteiger partial charge >= 0.3 is 12.1 Å². The van der Waals surface area contributed by atoms with E-state index < -0.39 is 6.09 Å². The Hall–Kier alpha value is -5.10. The van der Waals surface area contributed by atoms with Gasteiger partial charge in [-0.05, 0) is 74.3 Å². The number of rotatable bonds is 16. The third-order valence-corrected chi connectivity index (χ3v) is 7.24. The predicted molar refractivity (Wildman–Crippen MR) is 178 cm³/mol. The smallest absolute Gasteiger partial charge is 0.433 e. The van der Waals surface area contributed by atoms with E-state index >= 15 is 0 Å². The Bertz CT molecular complexity index is 1620. The fourth-order valence-corrected chi connectivity index (χ4v) is 4.76. The number of pyridine rings is 1. The second kappa shape index (κ2) is 17.4. The third kappa shape index (κ3) is 9.70. The van der Waals surface area contributed by atoms with Crippen molar-refractivity contribution in [2.75, 3.05) is 36.5 Å². The topological polar surface area (TPSA) is 154 Å². The summed E-state index contributed by atoms with van der Waals surface area (Å²) in [6, 6.07) is 18.2. The van der Waals surface area contributed by atoms with Crippen molar-refractivity contribution in [1.29, 1.82) is 0 Å². The number of aryl methyl sites for hydroxylation is 1. The summed E-state index contributed by atoms with van der Waals surface area (Å²) >= 11 is 0. The van der Waals surface area contributed by atoms with E-state index in [4.69, 9.17) is 20.2 Å². The normalized spacial score (nSPS) is 11.1. The van der Waals surface area contributed by atoms with Crippen LogP contribution in [0.15, 0.2) is 71.9 Å². The van der Waals surface area contributed by atoms with Gasteiger partial charge in [0.2, 0.25) is 0 Å². The molecule has 2 aromatic carbocycles. The quantitative estimate of drug-likeness (QED) is 0.0962. The Morgan fingerprint density at radius 1 is 1.02 bits per heavy atom. The summed E-state index contributed by atoms with van der Waals surface area (Å²) in [5.41, 5.74) is 9.10. The largest absolute Gasteiger partial charge is 0.466 e. The van der Waals surface area contributed by atoms with E-state index in [1.54, 1.807) is 43.5 Å². The van der Waals surface area contributed by atoms with E-state index in [-0.39, 0.29) is 31.4 Å². The molecular formula is C34H41N7O5. The van der Waals surface area contributed by atoms with Gasteiger partial charge in [0.25, 0.3) is 5.91 Å². The van der Waals surface area contributed by atoms with Gasteiger partial charge in [-0.25, -0.2) is 14.8 Å². The number of anilines is 2. The van der Waals surface area contributed by atoms with E-state index in [1.165, 1.54) is 11.1 Å². The zero-order valence-electron chi connectivity index (χ0n) is 26.4. The first kappa shape index (κ1) is 33.8. The molecule has 0 aliphatic heterocycles. The molecule has 0 unspecified atom stereocenters. The van der Waals surface area contributed by atoms with Crippen molar-refractivity contribution in [3.8, 4) is 0 Å². The molecule has 3 N–H and O–H groups in total. The number of hydrogen-bond donors (Lipinski definition) is 2. The highest BCUT2D eigenvalue weighted by Crippen LogP contribution is 2.21. The molecule has 0 fully saturated rings. The molecule has 2 aromatic heterocycles. The summed E-state index contributed by atoms with van der Waals surface area (Å²) < 4.78 is 12.2. The number of nitrogens with one attached hydrogen (secondary N) is 1. The van der Waals surface area contributed by atoms with E-state index in [2.05, 4.69) is 15.3 Å². The average molecular weight is 628 g/mol. The number of imidazole rings is 1. The molecule has 0 atom stereocenters. The summed E-state index contributed by atoms with van der Waals surface area (Å²) in [5.74, 6) is 0.562. The highest BCUT2D eigenvalue weighted by atomic mass is 16.5. The minimum Gasteiger partial charge on any atom is -0.466 e. The maximum Gasteiger partial charge on any atom is 0.433 e. The van der Waals surface area contributed by atoms with Crippen LogP contribution in [0.5, 0.6) is 0 Å². The lowest BCUT2D eigenvalue weighted by atomic mass is 10.1. The SMILES string of the molecule is CCOC(=O)CCN(C(=O)c1ccc2c(c1)nc(CNc1ccc(C=NC(=O)OCCCCCCN)cc1)n2C)c1ccccn1. The zero-order valence-corrected chi connectivity index (χ0v) is 26.4. The van der Waals surface area contributed by atoms with Crippen molar-refractivity contribution < 1.29 is 23.9 Å². The van der Waals surface area contributed by atoms with Crippen LogP contribution in [0.4, 0.5) is 16.3 Å². The van der Waals surface area contributed by atoms with Crippen LogP contribution < -0.4 is 16.0 Å². The summed E-state index contributed by atoms with van der Waals surface area (Å²) in [6.45, 7) is 3.63. The van der Waals surface area contributed by atoms with Crippen molar-refractivity contribution >= 4 is 46.7 Å². The Balaban J connectivity index is 1.36. The van der Waals surface area contributed by atoms with Crippen LogP contribution in [0.2, 0.25) is 0 Å². The number of hydrogen-bond acceptors (Lipinski definition) is 9. The number of aromatic nitrogens is 3. The lowest BCUT2D eigenvalue weighted by molar-refractivity contribution is -0.142. The zero-order chi connectivity index (χ0) is 32.7. The lowest BCUT2D eigenvalue weighted by Crippen LogP contribution is -2.34. The molecule has 242 valence electrons. The molecule has 0 saturated carbocycles. The molecule has 46 heavy (non-hydrogen) atoms. The molecule has 0 spiro atoms. The number of carbonyl (C=O) groups is 3. The maximum absolute atomic E-state index is 13.6. The van der Waals surface area contributed by atoms with Gasteiger partial charge in [-0.15, -0.1) is 0 Å². The molecule has 4 aromatic rings. The number of esters is 1. The number of carbonyl (C=O) groups excluding carboxylic acids is 3. The number of ether oxygens (including phenoxy) is 2. The van der Waals surface area contributed by atoms with Crippen LogP contribution in [0.25, 0.3) is 11.0 Å². The highest BCUT2D eigenvalue weighted by molar-refractivity contribution is 6.07. The van der Waals surface area contributed by atoms with Crippen molar-refractivity contribution in [1.82, 2.24) is 14.5 Å².